The van der Waals surface area contributed by atoms with E-state index in [-0.39, 0.29) is 17.6 Å². The number of piperazine rings is 1. The fourth-order valence-electron chi connectivity index (χ4n) is 7.43. The standard InChI is InChI=1S/C31H47N3O3/c1-22(2)25-12-8-9-13-26(25)27-20-33(23-10-6-7-11-23)21-28(35)34(27)24-18-31(19-24)14-16-32(17-15-31)29(36)37-30(3,4)5/h8-9,12-13,22-24,27H,6-7,10-11,14-21H2,1-5H3. The number of likely N-dealkylation sites (tertiary alicyclic amines) is 1. The van der Waals surface area contributed by atoms with Crippen LogP contribution in [0.4, 0.5) is 4.79 Å². The molecular formula is C31H47N3O3. The second kappa shape index (κ2) is 10.2. The Bertz CT molecular complexity index is 978. The molecule has 1 atom stereocenters. The molecule has 6 nitrogen and oxygen atoms in total. The van der Waals surface area contributed by atoms with E-state index in [4.69, 9.17) is 4.74 Å². The quantitative estimate of drug-likeness (QED) is 0.491. The van der Waals surface area contributed by atoms with Gasteiger partial charge < -0.3 is 14.5 Å². The maximum atomic E-state index is 13.8. The van der Waals surface area contributed by atoms with E-state index in [2.05, 4.69) is 47.9 Å². The second-order valence-corrected chi connectivity index (χ2v) is 13.5. The third-order valence-electron chi connectivity index (χ3n) is 9.39. The molecule has 0 aromatic heterocycles. The van der Waals surface area contributed by atoms with Crippen molar-refractivity contribution >= 4 is 12.0 Å². The Morgan fingerprint density at radius 3 is 2.30 bits per heavy atom. The van der Waals surface area contributed by atoms with Crippen molar-refractivity contribution in [2.45, 2.75) is 116 Å². The number of benzene rings is 1. The van der Waals surface area contributed by atoms with E-state index in [0.29, 0.717) is 30.5 Å². The molecule has 37 heavy (non-hydrogen) atoms. The molecule has 1 aromatic carbocycles. The van der Waals surface area contributed by atoms with Gasteiger partial charge >= 0.3 is 6.09 Å². The number of piperidine rings is 1. The third kappa shape index (κ3) is 5.55. The van der Waals surface area contributed by atoms with E-state index in [1.807, 2.05) is 25.7 Å². The molecule has 2 saturated carbocycles. The number of ether oxygens (including phenoxy) is 1. The van der Waals surface area contributed by atoms with Gasteiger partial charge in [-0.05, 0) is 81.8 Å². The molecule has 2 aliphatic heterocycles. The summed E-state index contributed by atoms with van der Waals surface area (Å²) in [4.78, 5) is 33.0. The molecule has 2 amide bonds. The first-order valence-corrected chi connectivity index (χ1v) is 14.7. The molecule has 0 bridgehead atoms. The molecule has 0 radical (unpaired) electrons. The molecule has 1 spiro atoms. The van der Waals surface area contributed by atoms with Gasteiger partial charge in [-0.25, -0.2) is 4.79 Å². The summed E-state index contributed by atoms with van der Waals surface area (Å²) >= 11 is 0. The highest BCUT2D eigenvalue weighted by Gasteiger charge is 2.52. The van der Waals surface area contributed by atoms with Crippen LogP contribution >= 0.6 is 0 Å². The molecule has 1 unspecified atom stereocenters. The monoisotopic (exact) mass is 509 g/mol. The van der Waals surface area contributed by atoms with Crippen LogP contribution in [-0.4, -0.2) is 70.6 Å². The summed E-state index contributed by atoms with van der Waals surface area (Å²) in [7, 11) is 0. The Kier molecular flexibility index (Phi) is 7.34. The van der Waals surface area contributed by atoms with Crippen molar-refractivity contribution in [2.24, 2.45) is 5.41 Å². The lowest BCUT2D eigenvalue weighted by atomic mass is 9.59. The van der Waals surface area contributed by atoms with Crippen LogP contribution in [0.2, 0.25) is 0 Å². The van der Waals surface area contributed by atoms with Crippen molar-refractivity contribution in [3.05, 3.63) is 35.4 Å². The number of carbonyl (C=O) groups excluding carboxylic acids is 2. The summed E-state index contributed by atoms with van der Waals surface area (Å²) < 4.78 is 5.60. The van der Waals surface area contributed by atoms with E-state index < -0.39 is 5.60 Å². The summed E-state index contributed by atoms with van der Waals surface area (Å²) in [5, 5.41) is 0. The topological polar surface area (TPSA) is 53.1 Å². The lowest BCUT2D eigenvalue weighted by molar-refractivity contribution is -0.154. The predicted molar refractivity (Wildman–Crippen MR) is 146 cm³/mol. The maximum Gasteiger partial charge on any atom is 0.410 e. The first-order valence-electron chi connectivity index (χ1n) is 14.7. The Balaban J connectivity index is 1.30. The Hall–Kier alpha value is -2.08. The van der Waals surface area contributed by atoms with Crippen LogP contribution in [0.3, 0.4) is 0 Å². The normalized spacial score (nSPS) is 25.7. The summed E-state index contributed by atoms with van der Waals surface area (Å²) in [6.45, 7) is 13.3. The fraction of sp³-hybridized carbons (Fsp3) is 0.742. The van der Waals surface area contributed by atoms with E-state index in [0.717, 1.165) is 45.3 Å². The Morgan fingerprint density at radius 1 is 1.03 bits per heavy atom. The van der Waals surface area contributed by atoms with Gasteiger partial charge in [-0.15, -0.1) is 0 Å². The average Bonchev–Trinajstić information content (AvgIpc) is 3.36. The lowest BCUT2D eigenvalue weighted by Gasteiger charge is -2.58. The summed E-state index contributed by atoms with van der Waals surface area (Å²) in [5.74, 6) is 0.743. The number of amides is 2. The van der Waals surface area contributed by atoms with Crippen LogP contribution in [0.5, 0.6) is 0 Å². The molecule has 4 fully saturated rings. The first-order chi connectivity index (χ1) is 17.6. The molecule has 4 aliphatic rings. The van der Waals surface area contributed by atoms with Gasteiger partial charge in [-0.2, -0.15) is 0 Å². The van der Waals surface area contributed by atoms with Crippen LogP contribution in [0.1, 0.15) is 109 Å². The Morgan fingerprint density at radius 2 is 1.68 bits per heavy atom. The van der Waals surface area contributed by atoms with Crippen molar-refractivity contribution < 1.29 is 14.3 Å². The smallest absolute Gasteiger partial charge is 0.410 e. The van der Waals surface area contributed by atoms with Gasteiger partial charge in [0.1, 0.15) is 5.60 Å². The molecule has 204 valence electrons. The van der Waals surface area contributed by atoms with E-state index in [1.54, 1.807) is 0 Å². The minimum absolute atomic E-state index is 0.129. The van der Waals surface area contributed by atoms with Gasteiger partial charge in [0.2, 0.25) is 5.91 Å². The average molecular weight is 510 g/mol. The highest BCUT2D eigenvalue weighted by atomic mass is 16.6. The van der Waals surface area contributed by atoms with Crippen molar-refractivity contribution in [2.75, 3.05) is 26.2 Å². The number of hydrogen-bond donors (Lipinski definition) is 0. The van der Waals surface area contributed by atoms with Crippen molar-refractivity contribution in [1.82, 2.24) is 14.7 Å². The minimum atomic E-state index is -0.462. The lowest BCUT2D eigenvalue weighted by Crippen LogP contribution is -2.63. The van der Waals surface area contributed by atoms with E-state index in [1.165, 1.54) is 36.8 Å². The molecule has 2 aliphatic carbocycles. The van der Waals surface area contributed by atoms with Crippen LogP contribution in [-0.2, 0) is 9.53 Å². The molecular weight excluding hydrogens is 462 g/mol. The van der Waals surface area contributed by atoms with Gasteiger partial charge in [0.15, 0.2) is 0 Å². The van der Waals surface area contributed by atoms with Crippen molar-refractivity contribution in [1.29, 1.82) is 0 Å². The number of rotatable bonds is 4. The summed E-state index contributed by atoms with van der Waals surface area (Å²) in [6, 6.07) is 9.80. The minimum Gasteiger partial charge on any atom is -0.444 e. The van der Waals surface area contributed by atoms with Gasteiger partial charge in [0.05, 0.1) is 12.6 Å². The maximum absolute atomic E-state index is 13.8. The second-order valence-electron chi connectivity index (χ2n) is 13.5. The zero-order valence-electron chi connectivity index (χ0n) is 23.7. The zero-order chi connectivity index (χ0) is 26.4. The number of carbonyl (C=O) groups is 2. The fourth-order valence-corrected chi connectivity index (χ4v) is 7.43. The molecule has 5 rings (SSSR count). The Labute approximate surface area is 223 Å². The van der Waals surface area contributed by atoms with Gasteiger partial charge in [-0.1, -0.05) is 51.0 Å². The summed E-state index contributed by atoms with van der Waals surface area (Å²) in [6.07, 6.45) is 8.98. The van der Waals surface area contributed by atoms with Gasteiger partial charge in [-0.3, -0.25) is 9.69 Å². The highest BCUT2D eigenvalue weighted by molar-refractivity contribution is 5.80. The predicted octanol–water partition coefficient (Wildman–Crippen LogP) is 6.12. The highest BCUT2D eigenvalue weighted by Crippen LogP contribution is 2.53. The van der Waals surface area contributed by atoms with Crippen LogP contribution in [0.25, 0.3) is 0 Å². The molecule has 2 heterocycles. The van der Waals surface area contributed by atoms with E-state index >= 15 is 0 Å². The molecule has 1 aromatic rings. The van der Waals surface area contributed by atoms with Gasteiger partial charge in [0.25, 0.3) is 0 Å². The van der Waals surface area contributed by atoms with Gasteiger partial charge in [0, 0.05) is 31.7 Å². The molecule has 6 heteroatoms. The van der Waals surface area contributed by atoms with Crippen molar-refractivity contribution in [3.8, 4) is 0 Å². The largest absolute Gasteiger partial charge is 0.444 e. The van der Waals surface area contributed by atoms with E-state index in [9.17, 15) is 9.59 Å². The van der Waals surface area contributed by atoms with Crippen LogP contribution < -0.4 is 0 Å². The van der Waals surface area contributed by atoms with Crippen molar-refractivity contribution in [3.63, 3.8) is 0 Å². The third-order valence-corrected chi connectivity index (χ3v) is 9.39. The first kappa shape index (κ1) is 26.5. The number of hydrogen-bond acceptors (Lipinski definition) is 4. The zero-order valence-corrected chi connectivity index (χ0v) is 23.7. The van der Waals surface area contributed by atoms with Crippen LogP contribution in [0.15, 0.2) is 24.3 Å². The summed E-state index contributed by atoms with van der Waals surface area (Å²) in [5.41, 5.74) is 2.51. The molecule has 2 saturated heterocycles. The SMILES string of the molecule is CC(C)c1ccccc1C1CN(C2CCCC2)CC(=O)N1C1CC2(CCN(C(=O)OC(C)(C)C)CC2)C1. The molecule has 0 N–H and O–H groups in total. The number of nitrogens with zero attached hydrogens (tertiary/aromatic N) is 3. The van der Waals surface area contributed by atoms with Crippen LogP contribution in [0, 0.1) is 5.41 Å².